The van der Waals surface area contributed by atoms with Gasteiger partial charge >= 0.3 is 0 Å². The van der Waals surface area contributed by atoms with Crippen LogP contribution in [0.15, 0.2) is 29.3 Å². The van der Waals surface area contributed by atoms with E-state index in [2.05, 4.69) is 15.1 Å². The second-order valence-corrected chi connectivity index (χ2v) is 2.73. The van der Waals surface area contributed by atoms with Crippen molar-refractivity contribution in [3.05, 3.63) is 40.6 Å². The fourth-order valence-electron chi connectivity index (χ4n) is 1.08. The Kier molecular flexibility index (Phi) is 2.28. The van der Waals surface area contributed by atoms with Gasteiger partial charge in [-0.1, -0.05) is 0 Å². The van der Waals surface area contributed by atoms with Crippen molar-refractivity contribution >= 4 is 0 Å². The van der Waals surface area contributed by atoms with Crippen LogP contribution in [0.25, 0.3) is 5.95 Å². The molecule has 0 bridgehead atoms. The second kappa shape index (κ2) is 3.60. The molecule has 0 atom stereocenters. The fourth-order valence-corrected chi connectivity index (χ4v) is 1.08. The summed E-state index contributed by atoms with van der Waals surface area (Å²) in [6, 6.07) is 2.38. The Balaban J connectivity index is 2.50. The molecule has 0 aliphatic rings. The van der Waals surface area contributed by atoms with Crippen molar-refractivity contribution in [3.8, 4) is 5.95 Å². The van der Waals surface area contributed by atoms with Crippen LogP contribution in [0.5, 0.6) is 0 Å². The van der Waals surface area contributed by atoms with Crippen molar-refractivity contribution in [2.24, 2.45) is 0 Å². The highest BCUT2D eigenvalue weighted by atomic mass is 19.3. The highest BCUT2D eigenvalue weighted by Gasteiger charge is 2.13. The first-order valence-corrected chi connectivity index (χ1v) is 4.06. The number of rotatable bonds is 2. The number of hydrogen-bond acceptors (Lipinski definition) is 3. The van der Waals surface area contributed by atoms with E-state index in [-0.39, 0.29) is 5.95 Å². The highest BCUT2D eigenvalue weighted by molar-refractivity contribution is 5.12. The van der Waals surface area contributed by atoms with E-state index in [0.29, 0.717) is 0 Å². The maximum absolute atomic E-state index is 12.3. The topological polar surface area (TPSA) is 63.6 Å². The Morgan fingerprint density at radius 2 is 2.00 bits per heavy atom. The average Bonchev–Trinajstić information content (AvgIpc) is 2.62. The normalized spacial score (nSPS) is 10.9. The van der Waals surface area contributed by atoms with Crippen LogP contribution in [0.1, 0.15) is 12.1 Å². The van der Waals surface area contributed by atoms with Gasteiger partial charge in [-0.05, 0) is 6.07 Å². The fraction of sp³-hybridized carbons (Fsp3) is 0.125. The van der Waals surface area contributed by atoms with Gasteiger partial charge in [0.2, 0.25) is 0 Å². The third-order valence-corrected chi connectivity index (χ3v) is 1.73. The van der Waals surface area contributed by atoms with Crippen LogP contribution in [0, 0.1) is 0 Å². The molecule has 0 saturated carbocycles. The number of nitrogens with one attached hydrogen (secondary N) is 1. The zero-order valence-electron chi connectivity index (χ0n) is 7.39. The van der Waals surface area contributed by atoms with E-state index in [1.807, 2.05) is 0 Å². The second-order valence-electron chi connectivity index (χ2n) is 2.73. The Morgan fingerprint density at radius 1 is 1.33 bits per heavy atom. The predicted octanol–water partition coefficient (Wildman–Crippen LogP) is 0.893. The molecule has 0 fully saturated rings. The van der Waals surface area contributed by atoms with Crippen molar-refractivity contribution in [2.75, 3.05) is 0 Å². The monoisotopic (exact) mass is 212 g/mol. The zero-order valence-corrected chi connectivity index (χ0v) is 7.39. The van der Waals surface area contributed by atoms with Crippen LogP contribution in [-0.2, 0) is 0 Å². The van der Waals surface area contributed by atoms with E-state index < -0.39 is 17.7 Å². The van der Waals surface area contributed by atoms with Crippen molar-refractivity contribution in [2.45, 2.75) is 6.43 Å². The van der Waals surface area contributed by atoms with Crippen LogP contribution in [0.3, 0.4) is 0 Å². The van der Waals surface area contributed by atoms with Gasteiger partial charge in [0.05, 0.1) is 0 Å². The SMILES string of the molecule is O=c1cc(C(F)F)[nH]n1-c1ncccn1. The van der Waals surface area contributed by atoms with Crippen LogP contribution < -0.4 is 5.56 Å². The standard InChI is InChI=1S/C8H6F2N4O/c9-7(10)5-4-6(15)14(13-5)8-11-2-1-3-12-8/h1-4,7,13H. The van der Waals surface area contributed by atoms with Gasteiger partial charge < -0.3 is 0 Å². The molecule has 78 valence electrons. The van der Waals surface area contributed by atoms with Gasteiger partial charge in [0.1, 0.15) is 5.69 Å². The summed E-state index contributed by atoms with van der Waals surface area (Å²) in [6.45, 7) is 0. The summed E-state index contributed by atoms with van der Waals surface area (Å²) in [7, 11) is 0. The summed E-state index contributed by atoms with van der Waals surface area (Å²) in [5, 5.41) is 2.23. The van der Waals surface area contributed by atoms with Gasteiger partial charge in [-0.25, -0.2) is 18.7 Å². The summed E-state index contributed by atoms with van der Waals surface area (Å²) >= 11 is 0. The molecule has 15 heavy (non-hydrogen) atoms. The number of aromatic amines is 1. The molecule has 0 aromatic carbocycles. The number of hydrogen-bond donors (Lipinski definition) is 1. The van der Waals surface area contributed by atoms with E-state index in [1.165, 1.54) is 12.4 Å². The lowest BCUT2D eigenvalue weighted by Crippen LogP contribution is -2.16. The number of H-pyrrole nitrogens is 1. The molecule has 2 heterocycles. The van der Waals surface area contributed by atoms with Gasteiger partial charge in [0.25, 0.3) is 17.9 Å². The lowest BCUT2D eigenvalue weighted by Gasteiger charge is -1.98. The first-order valence-electron chi connectivity index (χ1n) is 4.06. The van der Waals surface area contributed by atoms with Crippen molar-refractivity contribution in [3.63, 3.8) is 0 Å². The quantitative estimate of drug-likeness (QED) is 0.804. The summed E-state index contributed by atoms with van der Waals surface area (Å²) < 4.78 is 25.4. The summed E-state index contributed by atoms with van der Waals surface area (Å²) in [4.78, 5) is 18.8. The minimum Gasteiger partial charge on any atom is -0.287 e. The zero-order chi connectivity index (χ0) is 10.8. The molecule has 1 N–H and O–H groups in total. The summed E-state index contributed by atoms with van der Waals surface area (Å²) in [6.07, 6.45) is 0.109. The molecular formula is C8H6F2N4O. The van der Waals surface area contributed by atoms with Crippen molar-refractivity contribution in [1.29, 1.82) is 0 Å². The molecule has 0 radical (unpaired) electrons. The van der Waals surface area contributed by atoms with E-state index in [0.717, 1.165) is 10.7 Å². The Morgan fingerprint density at radius 3 is 2.53 bits per heavy atom. The number of aromatic nitrogens is 4. The highest BCUT2D eigenvalue weighted by Crippen LogP contribution is 2.14. The van der Waals surface area contributed by atoms with E-state index in [9.17, 15) is 13.6 Å². The minimum atomic E-state index is -2.72. The van der Waals surface area contributed by atoms with Gasteiger partial charge in [0, 0.05) is 18.5 Å². The predicted molar refractivity (Wildman–Crippen MR) is 46.9 cm³/mol. The summed E-state index contributed by atoms with van der Waals surface area (Å²) in [5.74, 6) is 0.0365. The van der Waals surface area contributed by atoms with Crippen LogP contribution >= 0.6 is 0 Å². The molecule has 0 aliphatic heterocycles. The Hall–Kier alpha value is -2.05. The van der Waals surface area contributed by atoms with E-state index in [4.69, 9.17) is 0 Å². The third-order valence-electron chi connectivity index (χ3n) is 1.73. The van der Waals surface area contributed by atoms with Gasteiger partial charge in [-0.2, -0.15) is 4.68 Å². The molecule has 0 spiro atoms. The molecule has 7 heteroatoms. The summed E-state index contributed by atoms with van der Waals surface area (Å²) in [5.41, 5.74) is -1.07. The smallest absolute Gasteiger partial charge is 0.279 e. The molecular weight excluding hydrogens is 206 g/mol. The van der Waals surface area contributed by atoms with Crippen LogP contribution in [-0.4, -0.2) is 19.7 Å². The number of alkyl halides is 2. The minimum absolute atomic E-state index is 0.0365. The van der Waals surface area contributed by atoms with E-state index in [1.54, 1.807) is 6.07 Å². The molecule has 0 saturated heterocycles. The number of halogens is 2. The first-order chi connectivity index (χ1) is 7.18. The lowest BCUT2D eigenvalue weighted by atomic mass is 10.5. The van der Waals surface area contributed by atoms with Crippen molar-refractivity contribution in [1.82, 2.24) is 19.7 Å². The van der Waals surface area contributed by atoms with Gasteiger partial charge in [-0.15, -0.1) is 0 Å². The van der Waals surface area contributed by atoms with Crippen LogP contribution in [0.2, 0.25) is 0 Å². The molecule has 5 nitrogen and oxygen atoms in total. The first kappa shape index (κ1) is 9.50. The average molecular weight is 212 g/mol. The molecule has 0 aliphatic carbocycles. The lowest BCUT2D eigenvalue weighted by molar-refractivity contribution is 0.145. The molecule has 2 aromatic heterocycles. The largest absolute Gasteiger partial charge is 0.287 e. The third kappa shape index (κ3) is 1.76. The molecule has 2 aromatic rings. The number of nitrogens with zero attached hydrogens (tertiary/aromatic N) is 3. The maximum Gasteiger partial charge on any atom is 0.279 e. The van der Waals surface area contributed by atoms with Crippen molar-refractivity contribution < 1.29 is 8.78 Å². The van der Waals surface area contributed by atoms with Gasteiger partial charge in [-0.3, -0.25) is 9.89 Å². The van der Waals surface area contributed by atoms with Crippen LogP contribution in [0.4, 0.5) is 8.78 Å². The maximum atomic E-state index is 12.3. The Bertz CT molecular complexity index is 505. The molecule has 0 unspecified atom stereocenters. The van der Waals surface area contributed by atoms with E-state index >= 15 is 0 Å². The molecule has 2 rings (SSSR count). The van der Waals surface area contributed by atoms with Gasteiger partial charge in [0.15, 0.2) is 0 Å². The molecule has 0 amide bonds. The Labute approximate surface area is 82.4 Å².